The maximum atomic E-state index is 13.0. The number of hydrogen-bond acceptors (Lipinski definition) is 7. The third-order valence-electron chi connectivity index (χ3n) is 6.63. The highest BCUT2D eigenvalue weighted by molar-refractivity contribution is 7.89. The van der Waals surface area contributed by atoms with Crippen LogP contribution in [0.3, 0.4) is 0 Å². The molecule has 5 rings (SSSR count). The van der Waals surface area contributed by atoms with Crippen molar-refractivity contribution >= 4 is 33.3 Å². The van der Waals surface area contributed by atoms with E-state index in [2.05, 4.69) is 22.1 Å². The van der Waals surface area contributed by atoms with Crippen LogP contribution in [-0.4, -0.2) is 73.3 Å². The third-order valence-corrected chi connectivity index (χ3v) is 8.54. The Balaban J connectivity index is 1.37. The van der Waals surface area contributed by atoms with Crippen LogP contribution in [-0.2, 0) is 21.2 Å². The Kier molecular flexibility index (Phi) is 6.26. The van der Waals surface area contributed by atoms with Gasteiger partial charge in [-0.1, -0.05) is 25.1 Å². The van der Waals surface area contributed by atoms with E-state index in [1.807, 2.05) is 24.3 Å². The highest BCUT2D eigenvalue weighted by Gasteiger charge is 2.28. The van der Waals surface area contributed by atoms with Crippen molar-refractivity contribution in [1.29, 1.82) is 0 Å². The summed E-state index contributed by atoms with van der Waals surface area (Å²) in [6.45, 7) is 5.50. The van der Waals surface area contributed by atoms with E-state index in [-0.39, 0.29) is 17.2 Å². The van der Waals surface area contributed by atoms with Gasteiger partial charge >= 0.3 is 0 Å². The summed E-state index contributed by atoms with van der Waals surface area (Å²) in [5.74, 6) is 0.357. The zero-order valence-electron chi connectivity index (χ0n) is 19.8. The quantitative estimate of drug-likeness (QED) is 0.585. The van der Waals surface area contributed by atoms with Gasteiger partial charge in [-0.3, -0.25) is 4.79 Å². The van der Waals surface area contributed by atoms with E-state index in [4.69, 9.17) is 4.98 Å². The molecule has 1 amide bonds. The Hall–Kier alpha value is -3.34. The van der Waals surface area contributed by atoms with Crippen LogP contribution in [0.2, 0.25) is 0 Å². The molecule has 10 heteroatoms. The average Bonchev–Trinajstić information content (AvgIpc) is 2.99. The largest absolute Gasteiger partial charge is 0.324 e. The molecular formula is C25H28N6O3S. The van der Waals surface area contributed by atoms with E-state index < -0.39 is 10.0 Å². The molecule has 1 saturated heterocycles. The first kappa shape index (κ1) is 23.4. The number of sulfonamides is 1. The van der Waals surface area contributed by atoms with Crippen LogP contribution in [0.1, 0.15) is 12.5 Å². The number of carbonyl (C=O) groups excluding carboxylic acids is 1. The molecule has 0 aliphatic carbocycles. The smallest absolute Gasteiger partial charge is 0.243 e. The Labute approximate surface area is 205 Å². The molecule has 1 fully saturated rings. The summed E-state index contributed by atoms with van der Waals surface area (Å²) in [7, 11) is -1.77. The Morgan fingerprint density at radius 3 is 2.43 bits per heavy atom. The van der Waals surface area contributed by atoms with Crippen LogP contribution >= 0.6 is 0 Å². The predicted molar refractivity (Wildman–Crippen MR) is 135 cm³/mol. The van der Waals surface area contributed by atoms with Crippen molar-refractivity contribution in [3.8, 4) is 11.3 Å². The number of benzene rings is 2. The van der Waals surface area contributed by atoms with Gasteiger partial charge in [0.05, 0.1) is 22.7 Å². The number of para-hydroxylation sites is 1. The molecule has 0 saturated carbocycles. The average molecular weight is 493 g/mol. The molecular weight excluding hydrogens is 464 g/mol. The van der Waals surface area contributed by atoms with Gasteiger partial charge in [0.2, 0.25) is 21.9 Å². The zero-order chi connectivity index (χ0) is 24.6. The summed E-state index contributed by atoms with van der Waals surface area (Å²) in [5.41, 5.74) is 3.82. The number of carbonyl (C=O) groups is 1. The van der Waals surface area contributed by atoms with E-state index in [0.29, 0.717) is 30.4 Å². The second-order valence-corrected chi connectivity index (χ2v) is 10.6. The van der Waals surface area contributed by atoms with Crippen LogP contribution in [0.25, 0.3) is 11.3 Å². The first-order valence-electron chi connectivity index (χ1n) is 11.7. The minimum atomic E-state index is -3.53. The number of amides is 1. The van der Waals surface area contributed by atoms with Crippen molar-refractivity contribution in [3.05, 3.63) is 60.3 Å². The number of likely N-dealkylation sites (N-methyl/N-ethyl adjacent to an activating group) is 2. The van der Waals surface area contributed by atoms with E-state index in [9.17, 15) is 13.2 Å². The molecule has 0 bridgehead atoms. The molecule has 2 aliphatic rings. The van der Waals surface area contributed by atoms with Crippen molar-refractivity contribution in [3.63, 3.8) is 0 Å². The number of rotatable bonds is 5. The molecule has 35 heavy (non-hydrogen) atoms. The normalized spacial score (nSPS) is 17.0. The lowest BCUT2D eigenvalue weighted by atomic mass is 10.1. The molecule has 3 heterocycles. The van der Waals surface area contributed by atoms with Crippen LogP contribution in [0.15, 0.2) is 59.6 Å². The number of nitrogens with zero attached hydrogens (tertiary/aromatic N) is 5. The highest BCUT2D eigenvalue weighted by Crippen LogP contribution is 2.35. The third kappa shape index (κ3) is 4.52. The molecule has 0 spiro atoms. The number of anilines is 3. The standard InChI is InChI=1S/C25H28N6O3S/c1-3-30-12-14-31(15-13-30)35(33,34)20-10-8-19(9-11-20)27-25-26-17-18-16-23(32)29(2)22-7-5-4-6-21(22)24(18)28-25/h4-11,17H,3,12-16H2,1-2H3,(H,26,27,28). The van der Waals surface area contributed by atoms with Gasteiger partial charge in [0.1, 0.15) is 0 Å². The predicted octanol–water partition coefficient (Wildman–Crippen LogP) is 2.73. The van der Waals surface area contributed by atoms with Gasteiger partial charge in [0, 0.05) is 56.2 Å². The molecule has 0 radical (unpaired) electrons. The molecule has 3 aromatic rings. The van der Waals surface area contributed by atoms with Crippen molar-refractivity contribution in [1.82, 2.24) is 19.2 Å². The van der Waals surface area contributed by atoms with Crippen molar-refractivity contribution in [2.24, 2.45) is 0 Å². The van der Waals surface area contributed by atoms with Crippen molar-refractivity contribution < 1.29 is 13.2 Å². The first-order valence-corrected chi connectivity index (χ1v) is 13.1. The van der Waals surface area contributed by atoms with Crippen LogP contribution in [0.5, 0.6) is 0 Å². The topological polar surface area (TPSA) is 98.7 Å². The highest BCUT2D eigenvalue weighted by atomic mass is 32.2. The van der Waals surface area contributed by atoms with Crippen LogP contribution in [0, 0.1) is 0 Å². The van der Waals surface area contributed by atoms with Gasteiger partial charge in [-0.25, -0.2) is 18.4 Å². The maximum absolute atomic E-state index is 13.0. The Morgan fingerprint density at radius 1 is 1.00 bits per heavy atom. The molecule has 9 nitrogen and oxygen atoms in total. The fourth-order valence-electron chi connectivity index (χ4n) is 4.49. The van der Waals surface area contributed by atoms with Crippen LogP contribution in [0.4, 0.5) is 17.3 Å². The van der Waals surface area contributed by atoms with Gasteiger partial charge in [0.15, 0.2) is 0 Å². The molecule has 1 aromatic heterocycles. The van der Waals surface area contributed by atoms with E-state index in [1.54, 1.807) is 46.7 Å². The number of fused-ring (bicyclic) bond motifs is 3. The molecule has 182 valence electrons. The summed E-state index contributed by atoms with van der Waals surface area (Å²) in [6, 6.07) is 14.3. The number of hydrogen-bond donors (Lipinski definition) is 1. The molecule has 0 atom stereocenters. The van der Waals surface area contributed by atoms with E-state index >= 15 is 0 Å². The van der Waals surface area contributed by atoms with E-state index in [0.717, 1.165) is 36.4 Å². The fraction of sp³-hybridized carbons (Fsp3) is 0.320. The zero-order valence-corrected chi connectivity index (χ0v) is 20.6. The lowest BCUT2D eigenvalue weighted by molar-refractivity contribution is -0.117. The lowest BCUT2D eigenvalue weighted by Crippen LogP contribution is -2.48. The Morgan fingerprint density at radius 2 is 1.71 bits per heavy atom. The summed E-state index contributed by atoms with van der Waals surface area (Å²) >= 11 is 0. The SMILES string of the molecule is CCN1CCN(S(=O)(=O)c2ccc(Nc3ncc4c(n3)-c3ccccc3N(C)C(=O)C4)cc2)CC1. The van der Waals surface area contributed by atoms with Crippen molar-refractivity contribution in [2.75, 3.05) is 50.0 Å². The molecule has 0 unspecified atom stereocenters. The summed E-state index contributed by atoms with van der Waals surface area (Å²) in [6.07, 6.45) is 1.90. The minimum Gasteiger partial charge on any atom is -0.324 e. The van der Waals surface area contributed by atoms with Gasteiger partial charge in [-0.05, 0) is 36.9 Å². The van der Waals surface area contributed by atoms with Gasteiger partial charge in [0.25, 0.3) is 0 Å². The van der Waals surface area contributed by atoms with E-state index in [1.165, 1.54) is 0 Å². The molecule has 2 aliphatic heterocycles. The van der Waals surface area contributed by atoms with Crippen LogP contribution < -0.4 is 10.2 Å². The fourth-order valence-corrected chi connectivity index (χ4v) is 5.91. The van der Waals surface area contributed by atoms with Gasteiger partial charge in [-0.15, -0.1) is 0 Å². The Bertz CT molecular complexity index is 1350. The van der Waals surface area contributed by atoms with Gasteiger partial charge < -0.3 is 15.1 Å². The van der Waals surface area contributed by atoms with Crippen molar-refractivity contribution in [2.45, 2.75) is 18.2 Å². The minimum absolute atomic E-state index is 0.0200. The molecule has 2 aromatic carbocycles. The number of piperazine rings is 1. The summed E-state index contributed by atoms with van der Waals surface area (Å²) in [4.78, 5) is 25.8. The monoisotopic (exact) mass is 492 g/mol. The number of aromatic nitrogens is 2. The van der Waals surface area contributed by atoms with Gasteiger partial charge in [-0.2, -0.15) is 4.31 Å². The first-order chi connectivity index (χ1) is 16.9. The number of nitrogens with one attached hydrogen (secondary N) is 1. The molecule has 1 N–H and O–H groups in total. The maximum Gasteiger partial charge on any atom is 0.243 e. The summed E-state index contributed by atoms with van der Waals surface area (Å²) in [5, 5.41) is 3.16. The second-order valence-electron chi connectivity index (χ2n) is 8.70. The lowest BCUT2D eigenvalue weighted by Gasteiger charge is -2.33. The second kappa shape index (κ2) is 9.37. The summed E-state index contributed by atoms with van der Waals surface area (Å²) < 4.78 is 27.6.